The Labute approximate surface area is 159 Å². The summed E-state index contributed by atoms with van der Waals surface area (Å²) in [6, 6.07) is 8.68. The Bertz CT molecular complexity index is 637. The van der Waals surface area contributed by atoms with E-state index in [1.165, 1.54) is 0 Å². The minimum atomic E-state index is -0.842. The van der Waals surface area contributed by atoms with Crippen LogP contribution in [-0.4, -0.2) is 49.5 Å². The minimum Gasteiger partial charge on any atom is -0.463 e. The van der Waals surface area contributed by atoms with Gasteiger partial charge >= 0.3 is 5.97 Å². The summed E-state index contributed by atoms with van der Waals surface area (Å²) >= 11 is 0. The number of aliphatic hydroxyl groups is 1. The molecule has 1 amide bonds. The molecular formula is C20H27NO6. The highest BCUT2D eigenvalue weighted by molar-refractivity contribution is 5.91. The van der Waals surface area contributed by atoms with Crippen LogP contribution in [-0.2, 0) is 23.8 Å². The second-order valence-electron chi connectivity index (χ2n) is 7.06. The molecule has 0 radical (unpaired) electrons. The lowest BCUT2D eigenvalue weighted by atomic mass is 9.91. The van der Waals surface area contributed by atoms with Gasteiger partial charge in [0.1, 0.15) is 12.6 Å². The van der Waals surface area contributed by atoms with E-state index in [1.807, 2.05) is 30.3 Å². The van der Waals surface area contributed by atoms with E-state index in [-0.39, 0.29) is 32.3 Å². The fourth-order valence-electron chi connectivity index (χ4n) is 2.64. The number of hydrogen-bond donors (Lipinski definition) is 2. The maximum Gasteiger partial charge on any atom is 0.328 e. The van der Waals surface area contributed by atoms with E-state index in [1.54, 1.807) is 13.8 Å². The van der Waals surface area contributed by atoms with Gasteiger partial charge in [0, 0.05) is 5.56 Å². The zero-order valence-corrected chi connectivity index (χ0v) is 15.7. The fraction of sp³-hybridized carbons (Fsp3) is 0.500. The van der Waals surface area contributed by atoms with Gasteiger partial charge in [0.05, 0.1) is 25.2 Å². The standard InChI is InChI=1S/C20H27NO6/c1-4-16(23)21-17(14(2)3)18(24)25-11-20(10-22)12-26-19(27-13-20)15-8-6-5-7-9-15/h4-9,14,17,19,22H,1,10-13H2,2-3H3,(H,21,23)/t17-,19?,20?/m0/s1. The maximum atomic E-state index is 12.4. The van der Waals surface area contributed by atoms with E-state index >= 15 is 0 Å². The van der Waals surface area contributed by atoms with Gasteiger partial charge in [-0.25, -0.2) is 4.79 Å². The molecule has 1 aliphatic rings. The summed E-state index contributed by atoms with van der Waals surface area (Å²) < 4.78 is 16.9. The number of aliphatic hydroxyl groups excluding tert-OH is 1. The molecule has 0 aliphatic carbocycles. The Morgan fingerprint density at radius 3 is 2.48 bits per heavy atom. The molecule has 7 heteroatoms. The highest BCUT2D eigenvalue weighted by Crippen LogP contribution is 2.32. The first-order valence-corrected chi connectivity index (χ1v) is 8.89. The van der Waals surface area contributed by atoms with Crippen LogP contribution in [0, 0.1) is 11.3 Å². The van der Waals surface area contributed by atoms with Crippen LogP contribution in [0.5, 0.6) is 0 Å². The molecule has 0 bridgehead atoms. The lowest BCUT2D eigenvalue weighted by Gasteiger charge is -2.38. The lowest BCUT2D eigenvalue weighted by molar-refractivity contribution is -0.250. The SMILES string of the molecule is C=CC(=O)N[C@H](C(=O)OCC1(CO)COC(c2ccccc2)OC1)C(C)C. The zero-order chi connectivity index (χ0) is 19.9. The quantitative estimate of drug-likeness (QED) is 0.528. The Balaban J connectivity index is 1.93. The summed E-state index contributed by atoms with van der Waals surface area (Å²) in [6.07, 6.45) is 0.585. The normalized spacial score (nSPS) is 23.5. The molecule has 1 saturated heterocycles. The van der Waals surface area contributed by atoms with Crippen molar-refractivity contribution in [2.45, 2.75) is 26.2 Å². The van der Waals surface area contributed by atoms with Crippen molar-refractivity contribution in [1.82, 2.24) is 5.32 Å². The molecular weight excluding hydrogens is 350 g/mol. The molecule has 1 fully saturated rings. The molecule has 2 rings (SSSR count). The Hall–Kier alpha value is -2.22. The molecule has 148 valence electrons. The summed E-state index contributed by atoms with van der Waals surface area (Å²) in [6.45, 7) is 7.01. The highest BCUT2D eigenvalue weighted by Gasteiger charge is 2.39. The second-order valence-corrected chi connectivity index (χ2v) is 7.06. The molecule has 0 unspecified atom stereocenters. The second kappa shape index (κ2) is 9.64. The third-order valence-corrected chi connectivity index (χ3v) is 4.41. The number of ether oxygens (including phenoxy) is 3. The molecule has 1 aliphatic heterocycles. The van der Waals surface area contributed by atoms with Gasteiger partial charge in [-0.1, -0.05) is 50.8 Å². The van der Waals surface area contributed by atoms with E-state index in [0.717, 1.165) is 11.6 Å². The maximum absolute atomic E-state index is 12.4. The van der Waals surface area contributed by atoms with Gasteiger partial charge in [0.25, 0.3) is 0 Å². The Kier molecular flexibility index (Phi) is 7.53. The van der Waals surface area contributed by atoms with Gasteiger partial charge in [-0.3, -0.25) is 4.79 Å². The summed E-state index contributed by atoms with van der Waals surface area (Å²) in [4.78, 5) is 23.9. The van der Waals surface area contributed by atoms with E-state index in [9.17, 15) is 14.7 Å². The number of benzene rings is 1. The highest BCUT2D eigenvalue weighted by atomic mass is 16.7. The van der Waals surface area contributed by atoms with Crippen molar-refractivity contribution in [2.24, 2.45) is 11.3 Å². The Morgan fingerprint density at radius 1 is 1.33 bits per heavy atom. The molecule has 1 aromatic carbocycles. The van der Waals surface area contributed by atoms with Gasteiger partial charge in [-0.15, -0.1) is 0 Å². The van der Waals surface area contributed by atoms with Crippen molar-refractivity contribution in [3.05, 3.63) is 48.6 Å². The summed E-state index contributed by atoms with van der Waals surface area (Å²) in [5, 5.41) is 12.4. The molecule has 0 saturated carbocycles. The average Bonchev–Trinajstić information content (AvgIpc) is 2.70. The van der Waals surface area contributed by atoms with E-state index in [4.69, 9.17) is 14.2 Å². The zero-order valence-electron chi connectivity index (χ0n) is 15.7. The van der Waals surface area contributed by atoms with Gasteiger partial charge in [-0.05, 0) is 12.0 Å². The number of amides is 1. The van der Waals surface area contributed by atoms with Crippen molar-refractivity contribution in [2.75, 3.05) is 26.4 Å². The topological polar surface area (TPSA) is 94.1 Å². The number of nitrogens with one attached hydrogen (secondary N) is 1. The van der Waals surface area contributed by atoms with Crippen LogP contribution in [0.4, 0.5) is 0 Å². The first-order chi connectivity index (χ1) is 12.9. The molecule has 7 nitrogen and oxygen atoms in total. The third kappa shape index (κ3) is 5.63. The van der Waals surface area contributed by atoms with Gasteiger partial charge in [0.15, 0.2) is 6.29 Å². The molecule has 1 atom stereocenters. The predicted octanol–water partition coefficient (Wildman–Crippen LogP) is 1.58. The number of carbonyl (C=O) groups excluding carboxylic acids is 2. The number of carbonyl (C=O) groups is 2. The van der Waals surface area contributed by atoms with E-state index in [0.29, 0.717) is 0 Å². The summed E-state index contributed by atoms with van der Waals surface area (Å²) in [5.41, 5.74) is 0.0401. The van der Waals surface area contributed by atoms with Crippen molar-refractivity contribution < 1.29 is 28.9 Å². The predicted molar refractivity (Wildman–Crippen MR) is 98.5 cm³/mol. The fourth-order valence-corrected chi connectivity index (χ4v) is 2.64. The molecule has 2 N–H and O–H groups in total. The smallest absolute Gasteiger partial charge is 0.328 e. The molecule has 0 spiro atoms. The van der Waals surface area contributed by atoms with Crippen molar-refractivity contribution >= 4 is 11.9 Å². The average molecular weight is 377 g/mol. The molecule has 1 aromatic rings. The van der Waals surface area contributed by atoms with Crippen LogP contribution >= 0.6 is 0 Å². The summed E-state index contributed by atoms with van der Waals surface area (Å²) in [5.74, 6) is -1.18. The van der Waals surface area contributed by atoms with Crippen LogP contribution in [0.25, 0.3) is 0 Å². The lowest BCUT2D eigenvalue weighted by Crippen LogP contribution is -2.49. The molecule has 27 heavy (non-hydrogen) atoms. The third-order valence-electron chi connectivity index (χ3n) is 4.41. The van der Waals surface area contributed by atoms with Crippen LogP contribution in [0.3, 0.4) is 0 Å². The Morgan fingerprint density at radius 2 is 1.96 bits per heavy atom. The van der Waals surface area contributed by atoms with E-state index < -0.39 is 29.6 Å². The van der Waals surface area contributed by atoms with Crippen molar-refractivity contribution in [1.29, 1.82) is 0 Å². The summed E-state index contributed by atoms with van der Waals surface area (Å²) in [7, 11) is 0. The largest absolute Gasteiger partial charge is 0.463 e. The van der Waals surface area contributed by atoms with Crippen molar-refractivity contribution in [3.8, 4) is 0 Å². The number of hydrogen-bond acceptors (Lipinski definition) is 6. The number of esters is 1. The first kappa shape index (κ1) is 21.1. The molecule has 0 aromatic heterocycles. The van der Waals surface area contributed by atoms with Gasteiger partial charge in [-0.2, -0.15) is 0 Å². The van der Waals surface area contributed by atoms with E-state index in [2.05, 4.69) is 11.9 Å². The van der Waals surface area contributed by atoms with Crippen LogP contribution < -0.4 is 5.32 Å². The first-order valence-electron chi connectivity index (χ1n) is 8.89. The monoisotopic (exact) mass is 377 g/mol. The van der Waals surface area contributed by atoms with Crippen molar-refractivity contribution in [3.63, 3.8) is 0 Å². The number of rotatable bonds is 8. The van der Waals surface area contributed by atoms with Gasteiger partial charge < -0.3 is 24.6 Å². The van der Waals surface area contributed by atoms with Gasteiger partial charge in [0.2, 0.25) is 5.91 Å². The molecule has 1 heterocycles. The minimum absolute atomic E-state index is 0.0724. The van der Waals surface area contributed by atoms with Crippen LogP contribution in [0.2, 0.25) is 0 Å². The van der Waals surface area contributed by atoms with Crippen LogP contribution in [0.15, 0.2) is 43.0 Å². The van der Waals surface area contributed by atoms with Crippen LogP contribution in [0.1, 0.15) is 25.7 Å².